The monoisotopic (exact) mass is 432 g/mol. The number of nitrogens with zero attached hydrogens (tertiary/aromatic N) is 3. The number of amides is 1. The molecule has 4 rings (SSSR count). The van der Waals surface area contributed by atoms with Crippen LogP contribution in [0.5, 0.6) is 0 Å². The van der Waals surface area contributed by atoms with Crippen LogP contribution >= 0.6 is 0 Å². The Bertz CT molecular complexity index is 1050. The molecule has 30 heavy (non-hydrogen) atoms. The Morgan fingerprint density at radius 3 is 2.77 bits per heavy atom. The van der Waals surface area contributed by atoms with Crippen LogP contribution in [0.15, 0.2) is 28.8 Å². The van der Waals surface area contributed by atoms with Gasteiger partial charge in [-0.1, -0.05) is 29.4 Å². The molecule has 1 N–H and O–H groups in total. The van der Waals surface area contributed by atoms with Crippen LogP contribution in [0.25, 0.3) is 0 Å². The third-order valence-electron chi connectivity index (χ3n) is 6.51. The molecule has 2 heterocycles. The lowest BCUT2D eigenvalue weighted by Crippen LogP contribution is -2.40. The zero-order valence-electron chi connectivity index (χ0n) is 17.6. The van der Waals surface area contributed by atoms with E-state index in [2.05, 4.69) is 14.9 Å². The van der Waals surface area contributed by atoms with Gasteiger partial charge in [-0.25, -0.2) is 13.1 Å². The summed E-state index contributed by atoms with van der Waals surface area (Å²) >= 11 is 0. The highest BCUT2D eigenvalue weighted by Crippen LogP contribution is 2.50. The Labute approximate surface area is 177 Å². The number of carbonyl (C=O) groups excluding carboxylic acids is 1. The fraction of sp³-hybridized carbons (Fsp3) is 0.571. The van der Waals surface area contributed by atoms with E-state index in [4.69, 9.17) is 4.52 Å². The SMILES string of the molecule is CCS(=O)(=O)N[C@@H]1CC2CN(C(=O)Cc3ccccc3C)C[C@@]2(c2nc(C)no2)C1. The summed E-state index contributed by atoms with van der Waals surface area (Å²) in [5.74, 6) is 1.24. The van der Waals surface area contributed by atoms with Gasteiger partial charge in [0, 0.05) is 19.1 Å². The van der Waals surface area contributed by atoms with E-state index in [1.807, 2.05) is 36.1 Å². The zero-order chi connectivity index (χ0) is 21.5. The van der Waals surface area contributed by atoms with Gasteiger partial charge in [0.25, 0.3) is 0 Å². The number of aromatic nitrogens is 2. The van der Waals surface area contributed by atoms with E-state index in [0.29, 0.717) is 44.1 Å². The van der Waals surface area contributed by atoms with Gasteiger partial charge in [-0.3, -0.25) is 4.79 Å². The zero-order valence-corrected chi connectivity index (χ0v) is 18.4. The average molecular weight is 433 g/mol. The Hall–Kier alpha value is -2.26. The standard InChI is InChI=1S/C21H28N4O4S/c1-4-30(27,28)24-18-10-17-12-25(19(26)9-16-8-6-5-7-14(16)2)13-21(17,11-18)20-22-15(3)23-29-20/h5-8,17-18,24H,4,9-13H2,1-3H3/t17?,18-,21+/m1/s1. The first-order valence-corrected chi connectivity index (χ1v) is 12.0. The molecule has 1 aromatic carbocycles. The lowest BCUT2D eigenvalue weighted by atomic mass is 9.80. The van der Waals surface area contributed by atoms with Crippen molar-refractivity contribution in [2.45, 2.75) is 51.5 Å². The second-order valence-electron chi connectivity index (χ2n) is 8.54. The highest BCUT2D eigenvalue weighted by molar-refractivity contribution is 7.89. The first kappa shape index (κ1) is 21.0. The van der Waals surface area contributed by atoms with E-state index in [1.54, 1.807) is 13.8 Å². The Morgan fingerprint density at radius 2 is 2.10 bits per heavy atom. The Morgan fingerprint density at radius 1 is 1.33 bits per heavy atom. The van der Waals surface area contributed by atoms with Crippen LogP contribution in [0.4, 0.5) is 0 Å². The smallest absolute Gasteiger partial charge is 0.235 e. The van der Waals surface area contributed by atoms with Crippen molar-refractivity contribution >= 4 is 15.9 Å². The summed E-state index contributed by atoms with van der Waals surface area (Å²) in [6.45, 7) is 6.43. The minimum Gasteiger partial charge on any atom is -0.341 e. The summed E-state index contributed by atoms with van der Waals surface area (Å²) in [4.78, 5) is 19.4. The van der Waals surface area contributed by atoms with Crippen molar-refractivity contribution in [1.29, 1.82) is 0 Å². The molecule has 0 radical (unpaired) electrons. The molecule has 3 atom stereocenters. The van der Waals surface area contributed by atoms with Crippen molar-refractivity contribution in [3.05, 3.63) is 47.1 Å². The van der Waals surface area contributed by atoms with Gasteiger partial charge in [-0.05, 0) is 50.7 Å². The van der Waals surface area contributed by atoms with E-state index in [1.165, 1.54) is 0 Å². The third kappa shape index (κ3) is 3.88. The molecule has 1 aliphatic heterocycles. The van der Waals surface area contributed by atoms with Crippen LogP contribution in [0.2, 0.25) is 0 Å². The van der Waals surface area contributed by atoms with Crippen LogP contribution in [-0.2, 0) is 26.7 Å². The fourth-order valence-electron chi connectivity index (χ4n) is 4.90. The largest absolute Gasteiger partial charge is 0.341 e. The molecular weight excluding hydrogens is 404 g/mol. The summed E-state index contributed by atoms with van der Waals surface area (Å²) in [5.41, 5.74) is 1.61. The maximum Gasteiger partial charge on any atom is 0.235 e. The number of aryl methyl sites for hydroxylation is 2. The maximum atomic E-state index is 13.1. The normalized spacial score (nSPS) is 26.2. The van der Waals surface area contributed by atoms with E-state index in [9.17, 15) is 13.2 Å². The Kier molecular flexibility index (Phi) is 5.44. The lowest BCUT2D eigenvalue weighted by molar-refractivity contribution is -0.129. The van der Waals surface area contributed by atoms with Crippen LogP contribution in [-0.4, -0.2) is 54.2 Å². The number of hydrogen-bond acceptors (Lipinski definition) is 6. The van der Waals surface area contributed by atoms with E-state index in [0.717, 1.165) is 11.1 Å². The number of hydrogen-bond donors (Lipinski definition) is 1. The second kappa shape index (κ2) is 7.77. The van der Waals surface area contributed by atoms with Gasteiger partial charge < -0.3 is 9.42 Å². The Balaban J connectivity index is 1.56. The second-order valence-corrected chi connectivity index (χ2v) is 10.6. The molecule has 8 nitrogen and oxygen atoms in total. The molecule has 1 saturated carbocycles. The molecule has 0 spiro atoms. The van der Waals surface area contributed by atoms with Gasteiger partial charge in [-0.15, -0.1) is 0 Å². The molecule has 1 saturated heterocycles. The van der Waals surface area contributed by atoms with Gasteiger partial charge in [0.2, 0.25) is 21.8 Å². The van der Waals surface area contributed by atoms with Crippen LogP contribution in [0.3, 0.4) is 0 Å². The number of sulfonamides is 1. The first-order chi connectivity index (χ1) is 14.2. The van der Waals surface area contributed by atoms with Gasteiger partial charge in [0.05, 0.1) is 17.6 Å². The molecule has 1 amide bonds. The van der Waals surface area contributed by atoms with Crippen molar-refractivity contribution in [3.63, 3.8) is 0 Å². The number of likely N-dealkylation sites (tertiary alicyclic amines) is 1. The number of nitrogens with one attached hydrogen (secondary N) is 1. The van der Waals surface area contributed by atoms with Crippen molar-refractivity contribution < 1.29 is 17.7 Å². The third-order valence-corrected chi connectivity index (χ3v) is 7.96. The fourth-order valence-corrected chi connectivity index (χ4v) is 5.76. The van der Waals surface area contributed by atoms with Crippen molar-refractivity contribution in [1.82, 2.24) is 19.8 Å². The number of carbonyl (C=O) groups is 1. The van der Waals surface area contributed by atoms with E-state index >= 15 is 0 Å². The molecule has 0 bridgehead atoms. The van der Waals surface area contributed by atoms with Crippen LogP contribution in [0.1, 0.15) is 42.6 Å². The van der Waals surface area contributed by atoms with Crippen LogP contribution in [0, 0.1) is 19.8 Å². The number of fused-ring (bicyclic) bond motifs is 1. The molecule has 162 valence electrons. The van der Waals surface area contributed by atoms with E-state index < -0.39 is 15.4 Å². The molecule has 2 fully saturated rings. The minimum atomic E-state index is -3.31. The minimum absolute atomic E-state index is 0.0435. The molecule has 1 aromatic heterocycles. The average Bonchev–Trinajstić information content (AvgIpc) is 3.36. The van der Waals surface area contributed by atoms with Crippen molar-refractivity contribution in [2.24, 2.45) is 5.92 Å². The molecule has 9 heteroatoms. The summed E-state index contributed by atoms with van der Waals surface area (Å²) < 4.78 is 32.6. The van der Waals surface area contributed by atoms with Gasteiger partial charge in [-0.2, -0.15) is 4.98 Å². The molecule has 1 aliphatic carbocycles. The molecule has 2 aromatic rings. The van der Waals surface area contributed by atoms with Gasteiger partial charge >= 0.3 is 0 Å². The lowest BCUT2D eigenvalue weighted by Gasteiger charge is -2.25. The van der Waals surface area contributed by atoms with Gasteiger partial charge in [0.1, 0.15) is 0 Å². The predicted octanol–water partition coefficient (Wildman–Crippen LogP) is 1.73. The topological polar surface area (TPSA) is 105 Å². The quantitative estimate of drug-likeness (QED) is 0.745. The van der Waals surface area contributed by atoms with Crippen molar-refractivity contribution in [2.75, 3.05) is 18.8 Å². The molecular formula is C21H28N4O4S. The number of benzene rings is 1. The summed E-state index contributed by atoms with van der Waals surface area (Å²) in [6.07, 6.45) is 1.55. The summed E-state index contributed by atoms with van der Waals surface area (Å²) in [6, 6.07) is 7.71. The van der Waals surface area contributed by atoms with Gasteiger partial charge in [0.15, 0.2) is 5.82 Å². The summed E-state index contributed by atoms with van der Waals surface area (Å²) in [5, 5.41) is 3.95. The maximum absolute atomic E-state index is 13.1. The van der Waals surface area contributed by atoms with Crippen molar-refractivity contribution in [3.8, 4) is 0 Å². The highest BCUT2D eigenvalue weighted by atomic mass is 32.2. The molecule has 2 aliphatic rings. The van der Waals surface area contributed by atoms with Crippen LogP contribution < -0.4 is 4.72 Å². The highest BCUT2D eigenvalue weighted by Gasteiger charge is 2.58. The summed E-state index contributed by atoms with van der Waals surface area (Å²) in [7, 11) is -3.31. The van der Waals surface area contributed by atoms with E-state index in [-0.39, 0.29) is 23.6 Å². The predicted molar refractivity (Wildman–Crippen MR) is 111 cm³/mol. The molecule has 1 unspecified atom stereocenters. The first-order valence-electron chi connectivity index (χ1n) is 10.4. The number of rotatable bonds is 6.